The van der Waals surface area contributed by atoms with E-state index in [2.05, 4.69) is 4.98 Å². The normalized spacial score (nSPS) is 11.7. The molecule has 0 atom stereocenters. The molecule has 3 aromatic carbocycles. The summed E-state index contributed by atoms with van der Waals surface area (Å²) in [5.41, 5.74) is 1.43. The van der Waals surface area contributed by atoms with Crippen molar-refractivity contribution in [2.75, 3.05) is 0 Å². The zero-order chi connectivity index (χ0) is 20.8. The molecule has 0 spiro atoms. The van der Waals surface area contributed by atoms with Gasteiger partial charge in [0.1, 0.15) is 5.82 Å². The first kappa shape index (κ1) is 20.1. The summed E-state index contributed by atoms with van der Waals surface area (Å²) in [6.45, 7) is 0. The molecule has 1 aromatic heterocycles. The molecule has 0 unspecified atom stereocenters. The van der Waals surface area contributed by atoms with E-state index in [1.54, 1.807) is 18.2 Å². The Morgan fingerprint density at radius 3 is 2.10 bits per heavy atom. The Kier molecular flexibility index (Phi) is 5.25. The van der Waals surface area contributed by atoms with Crippen LogP contribution in [0.15, 0.2) is 76.7 Å². The number of pyridine rings is 1. The molecular weight excluding hydrogens is 456 g/mol. The van der Waals surface area contributed by atoms with E-state index in [9.17, 15) is 12.8 Å². The number of aromatic nitrogens is 1. The Labute approximate surface area is 181 Å². The quantitative estimate of drug-likeness (QED) is 0.332. The van der Waals surface area contributed by atoms with Gasteiger partial charge in [-0.05, 0) is 48.0 Å². The van der Waals surface area contributed by atoms with Crippen molar-refractivity contribution >= 4 is 55.5 Å². The molecule has 1 heterocycles. The summed E-state index contributed by atoms with van der Waals surface area (Å²) >= 11 is 18.1. The Balaban J connectivity index is 2.07. The summed E-state index contributed by atoms with van der Waals surface area (Å²) in [5.74, 6) is -0.429. The second-order valence-corrected chi connectivity index (χ2v) is 9.50. The Morgan fingerprint density at radius 1 is 0.793 bits per heavy atom. The summed E-state index contributed by atoms with van der Waals surface area (Å²) in [7, 11) is -4.03. The lowest BCUT2D eigenvalue weighted by Crippen LogP contribution is -2.06. The van der Waals surface area contributed by atoms with Crippen LogP contribution >= 0.6 is 34.8 Å². The third-order valence-corrected chi connectivity index (χ3v) is 6.78. The number of benzene rings is 3. The standard InChI is InChI=1S/C21H11Cl3FNO2S/c22-13-3-6-18-19(10-13)26-11-20(21(18)12-1-4-16(25)5-2-12)29(27,28)17-8-14(23)7-15(24)9-17/h1-11H. The molecule has 4 rings (SSSR count). The predicted octanol–water partition coefficient (Wildman–Crippen LogP) is 6.83. The molecule has 0 saturated heterocycles. The minimum atomic E-state index is -4.03. The molecule has 0 saturated carbocycles. The SMILES string of the molecule is O=S(=O)(c1cc(Cl)cc(Cl)c1)c1cnc2cc(Cl)ccc2c1-c1ccc(F)cc1. The Hall–Kier alpha value is -2.18. The number of nitrogens with zero attached hydrogens (tertiary/aromatic N) is 1. The van der Waals surface area contributed by atoms with Crippen molar-refractivity contribution in [1.29, 1.82) is 0 Å². The van der Waals surface area contributed by atoms with Crippen LogP contribution in [-0.4, -0.2) is 13.4 Å². The van der Waals surface area contributed by atoms with Gasteiger partial charge in [-0.25, -0.2) is 12.8 Å². The van der Waals surface area contributed by atoms with Crippen LogP contribution in [0.2, 0.25) is 15.1 Å². The van der Waals surface area contributed by atoms with Crippen LogP contribution in [0.25, 0.3) is 22.0 Å². The van der Waals surface area contributed by atoms with Gasteiger partial charge in [-0.2, -0.15) is 0 Å². The average molecular weight is 467 g/mol. The first-order valence-electron chi connectivity index (χ1n) is 8.31. The second kappa shape index (κ2) is 7.58. The van der Waals surface area contributed by atoms with Crippen LogP contribution in [0.5, 0.6) is 0 Å². The minimum Gasteiger partial charge on any atom is -0.255 e. The second-order valence-electron chi connectivity index (χ2n) is 6.27. The largest absolute Gasteiger partial charge is 0.255 e. The van der Waals surface area contributed by atoms with Crippen LogP contribution in [-0.2, 0) is 9.84 Å². The van der Waals surface area contributed by atoms with Crippen LogP contribution in [0.3, 0.4) is 0 Å². The van der Waals surface area contributed by atoms with Gasteiger partial charge in [-0.1, -0.05) is 53.0 Å². The lowest BCUT2D eigenvalue weighted by Gasteiger charge is -2.14. The third-order valence-electron chi connectivity index (χ3n) is 4.37. The van der Waals surface area contributed by atoms with E-state index in [1.807, 2.05) is 0 Å². The predicted molar refractivity (Wildman–Crippen MR) is 114 cm³/mol. The maximum atomic E-state index is 13.5. The minimum absolute atomic E-state index is 0.0442. The molecule has 0 N–H and O–H groups in total. The average Bonchev–Trinajstić information content (AvgIpc) is 2.67. The fourth-order valence-electron chi connectivity index (χ4n) is 3.08. The van der Waals surface area contributed by atoms with E-state index in [4.69, 9.17) is 34.8 Å². The van der Waals surface area contributed by atoms with Crippen LogP contribution < -0.4 is 0 Å². The molecule has 0 aliphatic heterocycles. The van der Waals surface area contributed by atoms with Crippen molar-refractivity contribution in [2.45, 2.75) is 9.79 Å². The molecule has 0 amide bonds. The summed E-state index contributed by atoms with van der Waals surface area (Å²) in [6.07, 6.45) is 1.27. The van der Waals surface area contributed by atoms with Gasteiger partial charge < -0.3 is 0 Å². The highest BCUT2D eigenvalue weighted by molar-refractivity contribution is 7.91. The van der Waals surface area contributed by atoms with E-state index in [0.29, 0.717) is 27.1 Å². The van der Waals surface area contributed by atoms with Crippen molar-refractivity contribution in [3.63, 3.8) is 0 Å². The Bertz CT molecular complexity index is 1340. The van der Waals surface area contributed by atoms with Gasteiger partial charge in [-0.3, -0.25) is 4.98 Å². The first-order valence-corrected chi connectivity index (χ1v) is 10.9. The van der Waals surface area contributed by atoms with E-state index in [0.717, 1.165) is 0 Å². The molecule has 8 heteroatoms. The number of hydrogen-bond donors (Lipinski definition) is 0. The summed E-state index contributed by atoms with van der Waals surface area (Å²) in [4.78, 5) is 4.17. The summed E-state index contributed by atoms with van der Waals surface area (Å²) < 4.78 is 40.4. The van der Waals surface area contributed by atoms with E-state index < -0.39 is 15.7 Å². The number of hydrogen-bond acceptors (Lipinski definition) is 3. The highest BCUT2D eigenvalue weighted by atomic mass is 35.5. The zero-order valence-electron chi connectivity index (χ0n) is 14.5. The van der Waals surface area contributed by atoms with Crippen LogP contribution in [0.4, 0.5) is 4.39 Å². The third kappa shape index (κ3) is 3.83. The van der Waals surface area contributed by atoms with Crippen LogP contribution in [0.1, 0.15) is 0 Å². The lowest BCUT2D eigenvalue weighted by molar-refractivity contribution is 0.596. The molecule has 0 aliphatic carbocycles. The number of rotatable bonds is 3. The van der Waals surface area contributed by atoms with E-state index in [1.165, 1.54) is 48.7 Å². The highest BCUT2D eigenvalue weighted by Crippen LogP contribution is 2.38. The van der Waals surface area contributed by atoms with Gasteiger partial charge in [0.15, 0.2) is 0 Å². The van der Waals surface area contributed by atoms with Gasteiger partial charge in [0.2, 0.25) is 9.84 Å². The first-order chi connectivity index (χ1) is 13.8. The highest BCUT2D eigenvalue weighted by Gasteiger charge is 2.25. The van der Waals surface area contributed by atoms with Crippen molar-refractivity contribution in [3.8, 4) is 11.1 Å². The smallest absolute Gasteiger partial charge is 0.208 e. The summed E-state index contributed by atoms with van der Waals surface area (Å²) in [5, 5.41) is 1.42. The van der Waals surface area contributed by atoms with E-state index in [-0.39, 0.29) is 19.8 Å². The number of fused-ring (bicyclic) bond motifs is 1. The van der Waals surface area contributed by atoms with Gasteiger partial charge in [0.05, 0.1) is 15.3 Å². The fraction of sp³-hybridized carbons (Fsp3) is 0. The van der Waals surface area contributed by atoms with Crippen molar-refractivity contribution in [2.24, 2.45) is 0 Å². The Morgan fingerprint density at radius 2 is 1.45 bits per heavy atom. The van der Waals surface area contributed by atoms with Gasteiger partial charge >= 0.3 is 0 Å². The number of halogens is 4. The van der Waals surface area contributed by atoms with Gasteiger partial charge in [0.25, 0.3) is 0 Å². The van der Waals surface area contributed by atoms with Crippen molar-refractivity contribution < 1.29 is 12.8 Å². The maximum absolute atomic E-state index is 13.5. The summed E-state index contributed by atoms with van der Waals surface area (Å²) in [6, 6.07) is 14.6. The molecule has 0 radical (unpaired) electrons. The molecule has 4 aromatic rings. The molecule has 3 nitrogen and oxygen atoms in total. The monoisotopic (exact) mass is 465 g/mol. The zero-order valence-corrected chi connectivity index (χ0v) is 17.6. The molecule has 0 bridgehead atoms. The van der Waals surface area contributed by atoms with Gasteiger partial charge in [-0.15, -0.1) is 0 Å². The molecular formula is C21H11Cl3FNO2S. The lowest BCUT2D eigenvalue weighted by atomic mass is 10.0. The topological polar surface area (TPSA) is 47.0 Å². The molecule has 0 aliphatic rings. The van der Waals surface area contributed by atoms with Crippen molar-refractivity contribution in [3.05, 3.63) is 87.7 Å². The van der Waals surface area contributed by atoms with E-state index >= 15 is 0 Å². The van der Waals surface area contributed by atoms with Gasteiger partial charge in [0, 0.05) is 32.2 Å². The number of sulfone groups is 1. The van der Waals surface area contributed by atoms with Crippen LogP contribution in [0, 0.1) is 5.82 Å². The molecule has 0 fully saturated rings. The fourth-order valence-corrected chi connectivity index (χ4v) is 5.41. The van der Waals surface area contributed by atoms with Crippen molar-refractivity contribution in [1.82, 2.24) is 4.98 Å². The molecule has 146 valence electrons. The molecule has 29 heavy (non-hydrogen) atoms. The maximum Gasteiger partial charge on any atom is 0.208 e.